The predicted octanol–water partition coefficient (Wildman–Crippen LogP) is 3.60. The number of halogens is 1. The number of benzene rings is 2. The molecular weight excluding hydrogens is 376 g/mol. The van der Waals surface area contributed by atoms with Crippen molar-refractivity contribution in [2.24, 2.45) is 0 Å². The second-order valence-corrected chi connectivity index (χ2v) is 7.57. The van der Waals surface area contributed by atoms with Crippen molar-refractivity contribution in [1.82, 2.24) is 19.7 Å². The summed E-state index contributed by atoms with van der Waals surface area (Å²) in [5, 5.41) is 5.33. The highest BCUT2D eigenvalue weighted by Gasteiger charge is 2.25. The van der Waals surface area contributed by atoms with Crippen LogP contribution in [0.3, 0.4) is 0 Å². The Morgan fingerprint density at radius 3 is 2.82 bits per heavy atom. The van der Waals surface area contributed by atoms with Gasteiger partial charge in [-0.3, -0.25) is 9.88 Å². The minimum atomic E-state index is -0.216. The average molecular weight is 399 g/mol. The number of piperidine rings is 1. The molecular formula is C21H23ClN4O2. The molecule has 0 radical (unpaired) electrons. The smallest absolute Gasteiger partial charge is 0.348 e. The highest BCUT2D eigenvalue weighted by Crippen LogP contribution is 2.26. The standard InChI is InChI=1S/C21H23ClN4O2/c1-28-19-9-7-18(8-10-19)26-21(27)23-20(24-26)16-5-3-11-25(14-16)13-15-4-2-6-17(22)12-15/h2,4,6-10,12,16H,3,5,11,13-14H2,1H3,(H,23,24,27). The number of aromatic amines is 1. The second-order valence-electron chi connectivity index (χ2n) is 7.13. The van der Waals surface area contributed by atoms with E-state index < -0.39 is 0 Å². The summed E-state index contributed by atoms with van der Waals surface area (Å²) in [7, 11) is 1.62. The number of hydrogen-bond donors (Lipinski definition) is 1. The van der Waals surface area contributed by atoms with E-state index in [1.54, 1.807) is 7.11 Å². The second kappa shape index (κ2) is 8.20. The predicted molar refractivity (Wildman–Crippen MR) is 109 cm³/mol. The lowest BCUT2D eigenvalue weighted by Gasteiger charge is -2.31. The number of rotatable bonds is 5. The highest BCUT2D eigenvalue weighted by molar-refractivity contribution is 6.30. The molecule has 1 fully saturated rings. The van der Waals surface area contributed by atoms with Gasteiger partial charge in [0.1, 0.15) is 11.6 Å². The fourth-order valence-corrected chi connectivity index (χ4v) is 3.95. The Bertz CT molecular complexity index is 996. The van der Waals surface area contributed by atoms with Crippen LogP contribution in [0.1, 0.15) is 30.1 Å². The third-order valence-corrected chi connectivity index (χ3v) is 5.37. The van der Waals surface area contributed by atoms with Crippen molar-refractivity contribution in [3.63, 3.8) is 0 Å². The van der Waals surface area contributed by atoms with E-state index in [0.29, 0.717) is 0 Å². The maximum atomic E-state index is 12.4. The van der Waals surface area contributed by atoms with Crippen molar-refractivity contribution in [2.45, 2.75) is 25.3 Å². The molecule has 1 aliphatic heterocycles. The molecule has 0 aliphatic carbocycles. The molecule has 2 aromatic carbocycles. The summed E-state index contributed by atoms with van der Waals surface area (Å²) >= 11 is 6.11. The maximum Gasteiger partial charge on any atom is 0.348 e. The fraction of sp³-hybridized carbons (Fsp3) is 0.333. The molecule has 0 bridgehead atoms. The third kappa shape index (κ3) is 4.13. The molecule has 1 aliphatic rings. The van der Waals surface area contributed by atoms with Crippen molar-refractivity contribution in [3.8, 4) is 11.4 Å². The molecule has 1 aromatic heterocycles. The minimum absolute atomic E-state index is 0.208. The molecule has 0 amide bonds. The molecule has 4 rings (SSSR count). The zero-order valence-corrected chi connectivity index (χ0v) is 16.5. The van der Waals surface area contributed by atoms with Gasteiger partial charge in [0.25, 0.3) is 0 Å². The number of H-pyrrole nitrogens is 1. The molecule has 1 N–H and O–H groups in total. The van der Waals surface area contributed by atoms with E-state index in [4.69, 9.17) is 16.3 Å². The van der Waals surface area contributed by atoms with Crippen LogP contribution in [0, 0.1) is 0 Å². The van der Waals surface area contributed by atoms with Crippen LogP contribution in [0.5, 0.6) is 5.75 Å². The van der Waals surface area contributed by atoms with E-state index in [2.05, 4.69) is 21.0 Å². The summed E-state index contributed by atoms with van der Waals surface area (Å²) < 4.78 is 6.60. The Balaban J connectivity index is 1.50. The van der Waals surface area contributed by atoms with Gasteiger partial charge in [0.15, 0.2) is 0 Å². The Morgan fingerprint density at radius 1 is 1.25 bits per heavy atom. The number of methoxy groups -OCH3 is 1. The van der Waals surface area contributed by atoms with Gasteiger partial charge in [0.05, 0.1) is 12.8 Å². The molecule has 146 valence electrons. The van der Waals surface area contributed by atoms with Gasteiger partial charge in [0, 0.05) is 24.0 Å². The average Bonchev–Trinajstić information content (AvgIpc) is 3.10. The highest BCUT2D eigenvalue weighted by atomic mass is 35.5. The Kier molecular flexibility index (Phi) is 5.50. The van der Waals surface area contributed by atoms with Crippen LogP contribution in [0.25, 0.3) is 5.69 Å². The van der Waals surface area contributed by atoms with Crippen LogP contribution >= 0.6 is 11.6 Å². The van der Waals surface area contributed by atoms with Crippen LogP contribution in [0.2, 0.25) is 5.02 Å². The molecule has 1 saturated heterocycles. The van der Waals surface area contributed by atoms with E-state index in [1.807, 2.05) is 42.5 Å². The summed E-state index contributed by atoms with van der Waals surface area (Å²) in [6.07, 6.45) is 2.09. The SMILES string of the molecule is COc1ccc(-n2nc(C3CCCN(Cc4cccc(Cl)c4)C3)[nH]c2=O)cc1. The zero-order chi connectivity index (χ0) is 19.5. The normalized spacial score (nSPS) is 17.6. The molecule has 1 unspecified atom stereocenters. The molecule has 0 spiro atoms. The third-order valence-electron chi connectivity index (χ3n) is 5.14. The van der Waals surface area contributed by atoms with Gasteiger partial charge < -0.3 is 4.74 Å². The quantitative estimate of drug-likeness (QED) is 0.713. The Morgan fingerprint density at radius 2 is 2.07 bits per heavy atom. The van der Waals surface area contributed by atoms with Crippen molar-refractivity contribution >= 4 is 11.6 Å². The van der Waals surface area contributed by atoms with Crippen LogP contribution in [0.15, 0.2) is 53.3 Å². The largest absolute Gasteiger partial charge is 0.497 e. The minimum Gasteiger partial charge on any atom is -0.497 e. The van der Waals surface area contributed by atoms with Crippen LogP contribution < -0.4 is 10.4 Å². The van der Waals surface area contributed by atoms with Crippen molar-refractivity contribution in [3.05, 3.63) is 75.4 Å². The zero-order valence-electron chi connectivity index (χ0n) is 15.8. The number of aromatic nitrogens is 3. The molecule has 1 atom stereocenters. The lowest BCUT2D eigenvalue weighted by Crippen LogP contribution is -2.34. The number of nitrogens with one attached hydrogen (secondary N) is 1. The molecule has 7 heteroatoms. The first-order valence-electron chi connectivity index (χ1n) is 9.43. The van der Waals surface area contributed by atoms with Crippen molar-refractivity contribution < 1.29 is 4.74 Å². The van der Waals surface area contributed by atoms with Gasteiger partial charge in [-0.1, -0.05) is 23.7 Å². The Labute approximate surface area is 168 Å². The van der Waals surface area contributed by atoms with Crippen molar-refractivity contribution in [2.75, 3.05) is 20.2 Å². The summed E-state index contributed by atoms with van der Waals surface area (Å²) in [5.74, 6) is 1.70. The number of ether oxygens (including phenoxy) is 1. The first-order valence-corrected chi connectivity index (χ1v) is 9.80. The summed E-state index contributed by atoms with van der Waals surface area (Å²) in [6.45, 7) is 2.75. The summed E-state index contributed by atoms with van der Waals surface area (Å²) in [4.78, 5) is 17.8. The van der Waals surface area contributed by atoms with Gasteiger partial charge in [-0.2, -0.15) is 4.68 Å². The van der Waals surface area contributed by atoms with Crippen LogP contribution in [0.4, 0.5) is 0 Å². The summed E-state index contributed by atoms with van der Waals surface area (Å²) in [5.41, 5.74) is 1.71. The number of hydrogen-bond acceptors (Lipinski definition) is 4. The monoisotopic (exact) mass is 398 g/mol. The molecule has 2 heterocycles. The number of nitrogens with zero attached hydrogens (tertiary/aromatic N) is 3. The Hall–Kier alpha value is -2.57. The summed E-state index contributed by atoms with van der Waals surface area (Å²) in [6, 6.07) is 15.3. The maximum absolute atomic E-state index is 12.4. The molecule has 6 nitrogen and oxygen atoms in total. The van der Waals surface area contributed by atoms with Gasteiger partial charge in [-0.15, -0.1) is 5.10 Å². The first-order chi connectivity index (χ1) is 13.6. The van der Waals surface area contributed by atoms with Gasteiger partial charge >= 0.3 is 5.69 Å². The lowest BCUT2D eigenvalue weighted by atomic mass is 9.97. The first kappa shape index (κ1) is 18.8. The van der Waals surface area contributed by atoms with Crippen LogP contribution in [-0.4, -0.2) is 39.9 Å². The van der Waals surface area contributed by atoms with Crippen LogP contribution in [-0.2, 0) is 6.54 Å². The van der Waals surface area contributed by atoms with Gasteiger partial charge in [-0.25, -0.2) is 4.79 Å². The van der Waals surface area contributed by atoms with Gasteiger partial charge in [-0.05, 0) is 61.3 Å². The van der Waals surface area contributed by atoms with E-state index in [-0.39, 0.29) is 11.6 Å². The topological polar surface area (TPSA) is 63.1 Å². The van der Waals surface area contributed by atoms with E-state index >= 15 is 0 Å². The van der Waals surface area contributed by atoms with Gasteiger partial charge in [0.2, 0.25) is 0 Å². The van der Waals surface area contributed by atoms with E-state index in [9.17, 15) is 4.79 Å². The van der Waals surface area contributed by atoms with Crippen molar-refractivity contribution in [1.29, 1.82) is 0 Å². The molecule has 3 aromatic rings. The van der Waals surface area contributed by atoms with E-state index in [0.717, 1.165) is 54.8 Å². The lowest BCUT2D eigenvalue weighted by molar-refractivity contribution is 0.196. The number of likely N-dealkylation sites (tertiary alicyclic amines) is 1. The van der Waals surface area contributed by atoms with E-state index in [1.165, 1.54) is 10.2 Å². The molecule has 0 saturated carbocycles. The molecule has 28 heavy (non-hydrogen) atoms. The fourth-order valence-electron chi connectivity index (χ4n) is 3.74.